The number of benzene rings is 2. The third-order valence-electron chi connectivity index (χ3n) is 3.30. The van der Waals surface area contributed by atoms with Crippen molar-refractivity contribution < 1.29 is 9.00 Å². The number of carbonyl (C=O) groups excluding carboxylic acids is 1. The molecular weight excluding hydrogens is 318 g/mol. The van der Waals surface area contributed by atoms with E-state index in [0.717, 1.165) is 11.1 Å². The van der Waals surface area contributed by atoms with Gasteiger partial charge in [0.15, 0.2) is 0 Å². The molecule has 22 heavy (non-hydrogen) atoms. The first-order chi connectivity index (χ1) is 10.6. The Morgan fingerprint density at radius 2 is 1.73 bits per heavy atom. The molecule has 0 aliphatic rings. The molecule has 0 aliphatic heterocycles. The number of nitrogens with one attached hydrogen (secondary N) is 1. The van der Waals surface area contributed by atoms with E-state index in [9.17, 15) is 9.00 Å². The fourth-order valence-corrected chi connectivity index (χ4v) is 3.14. The zero-order chi connectivity index (χ0) is 15.9. The Labute approximate surface area is 138 Å². The van der Waals surface area contributed by atoms with Crippen LogP contribution in [0.15, 0.2) is 54.6 Å². The van der Waals surface area contributed by atoms with E-state index in [1.807, 2.05) is 42.5 Å². The predicted octanol–water partition coefficient (Wildman–Crippen LogP) is 3.29. The number of amides is 1. The first-order valence-electron chi connectivity index (χ1n) is 6.99. The molecule has 2 aromatic rings. The van der Waals surface area contributed by atoms with Crippen molar-refractivity contribution in [3.05, 3.63) is 70.7 Å². The normalized spacial score (nSPS) is 13.4. The summed E-state index contributed by atoms with van der Waals surface area (Å²) in [6, 6.07) is 16.8. The van der Waals surface area contributed by atoms with E-state index in [-0.39, 0.29) is 5.91 Å². The van der Waals surface area contributed by atoms with Gasteiger partial charge in [0, 0.05) is 28.1 Å². The topological polar surface area (TPSA) is 46.2 Å². The van der Waals surface area contributed by atoms with Crippen molar-refractivity contribution in [1.29, 1.82) is 0 Å². The van der Waals surface area contributed by atoms with Gasteiger partial charge >= 0.3 is 0 Å². The zero-order valence-electron chi connectivity index (χ0n) is 12.3. The van der Waals surface area contributed by atoms with Gasteiger partial charge in [-0.15, -0.1) is 0 Å². The molecule has 0 aliphatic carbocycles. The molecule has 1 amide bonds. The van der Waals surface area contributed by atoms with Crippen LogP contribution >= 0.6 is 11.6 Å². The fourth-order valence-electron chi connectivity index (χ4n) is 1.92. The smallest absolute Gasteiger partial charge is 0.235 e. The molecule has 0 fully saturated rings. The maximum atomic E-state index is 12.3. The van der Waals surface area contributed by atoms with Crippen molar-refractivity contribution in [2.45, 2.75) is 24.5 Å². The van der Waals surface area contributed by atoms with Crippen LogP contribution in [-0.4, -0.2) is 15.4 Å². The van der Waals surface area contributed by atoms with Crippen LogP contribution in [0.3, 0.4) is 0 Å². The van der Waals surface area contributed by atoms with Crippen molar-refractivity contribution in [2.24, 2.45) is 0 Å². The highest BCUT2D eigenvalue weighted by molar-refractivity contribution is 7.85. The molecule has 2 atom stereocenters. The second-order valence-electron chi connectivity index (χ2n) is 5.00. The average molecular weight is 336 g/mol. The van der Waals surface area contributed by atoms with Gasteiger partial charge in [-0.3, -0.25) is 9.00 Å². The summed E-state index contributed by atoms with van der Waals surface area (Å²) in [6.07, 6.45) is 0. The Balaban J connectivity index is 1.86. The molecule has 2 unspecified atom stereocenters. The Morgan fingerprint density at radius 1 is 1.09 bits per heavy atom. The Kier molecular flexibility index (Phi) is 6.16. The number of rotatable bonds is 6. The molecule has 2 aromatic carbocycles. The number of hydrogen-bond donors (Lipinski definition) is 1. The summed E-state index contributed by atoms with van der Waals surface area (Å²) in [5.41, 5.74) is 1.93. The molecule has 1 N–H and O–H groups in total. The van der Waals surface area contributed by atoms with Crippen LogP contribution in [0.2, 0.25) is 5.02 Å². The maximum Gasteiger partial charge on any atom is 0.235 e. The lowest BCUT2D eigenvalue weighted by molar-refractivity contribution is -0.120. The maximum absolute atomic E-state index is 12.3. The molecular formula is C17H18ClNO2S. The molecule has 0 heterocycles. The SMILES string of the molecule is CC(C(=O)NCc1ccccc1)S(=O)Cc1ccc(Cl)cc1. The Hall–Kier alpha value is -1.65. The predicted molar refractivity (Wildman–Crippen MR) is 91.0 cm³/mol. The van der Waals surface area contributed by atoms with E-state index in [4.69, 9.17) is 11.6 Å². The zero-order valence-corrected chi connectivity index (χ0v) is 13.9. The van der Waals surface area contributed by atoms with Crippen LogP contribution in [0.1, 0.15) is 18.1 Å². The largest absolute Gasteiger partial charge is 0.351 e. The molecule has 2 rings (SSSR count). The third kappa shape index (κ3) is 4.97. The van der Waals surface area contributed by atoms with E-state index in [2.05, 4.69) is 5.32 Å². The summed E-state index contributed by atoms with van der Waals surface area (Å²) >= 11 is 5.82. The van der Waals surface area contributed by atoms with Crippen LogP contribution in [0, 0.1) is 0 Å². The quantitative estimate of drug-likeness (QED) is 0.880. The minimum Gasteiger partial charge on any atom is -0.351 e. The molecule has 116 valence electrons. The minimum absolute atomic E-state index is 0.198. The van der Waals surface area contributed by atoms with Gasteiger partial charge in [-0.25, -0.2) is 0 Å². The van der Waals surface area contributed by atoms with Gasteiger partial charge in [0.2, 0.25) is 5.91 Å². The van der Waals surface area contributed by atoms with Crippen molar-refractivity contribution in [2.75, 3.05) is 0 Å². The molecule has 0 spiro atoms. The second-order valence-corrected chi connectivity index (χ2v) is 7.19. The molecule has 0 aromatic heterocycles. The van der Waals surface area contributed by atoms with Crippen molar-refractivity contribution in [1.82, 2.24) is 5.32 Å². The first-order valence-corrected chi connectivity index (χ1v) is 8.75. The molecule has 5 heteroatoms. The number of hydrogen-bond acceptors (Lipinski definition) is 2. The molecule has 3 nitrogen and oxygen atoms in total. The van der Waals surface area contributed by atoms with Gasteiger partial charge in [0.05, 0.1) is 0 Å². The van der Waals surface area contributed by atoms with E-state index in [1.54, 1.807) is 19.1 Å². The van der Waals surface area contributed by atoms with E-state index in [1.165, 1.54) is 0 Å². The monoisotopic (exact) mass is 335 g/mol. The minimum atomic E-state index is -1.27. The van der Waals surface area contributed by atoms with E-state index >= 15 is 0 Å². The highest BCUT2D eigenvalue weighted by Crippen LogP contribution is 2.12. The number of carbonyl (C=O) groups is 1. The van der Waals surface area contributed by atoms with Crippen LogP contribution in [-0.2, 0) is 27.9 Å². The highest BCUT2D eigenvalue weighted by Gasteiger charge is 2.19. The highest BCUT2D eigenvalue weighted by atomic mass is 35.5. The van der Waals surface area contributed by atoms with Crippen molar-refractivity contribution >= 4 is 28.3 Å². The lowest BCUT2D eigenvalue weighted by Crippen LogP contribution is -2.35. The summed E-state index contributed by atoms with van der Waals surface area (Å²) in [5, 5.41) is 2.91. The first kappa shape index (κ1) is 16.7. The lowest BCUT2D eigenvalue weighted by atomic mass is 10.2. The molecule has 0 saturated carbocycles. The van der Waals surface area contributed by atoms with Gasteiger partial charge in [-0.05, 0) is 30.2 Å². The van der Waals surface area contributed by atoms with E-state index in [0.29, 0.717) is 17.3 Å². The summed E-state index contributed by atoms with van der Waals surface area (Å²) < 4.78 is 12.3. The molecule has 0 saturated heterocycles. The van der Waals surface area contributed by atoms with Crippen molar-refractivity contribution in [3.8, 4) is 0 Å². The van der Waals surface area contributed by atoms with Gasteiger partial charge in [-0.2, -0.15) is 0 Å². The standard InChI is InChI=1S/C17H18ClNO2S/c1-13(17(20)19-11-14-5-3-2-4-6-14)22(21)12-15-7-9-16(18)10-8-15/h2-10,13H,11-12H2,1H3,(H,19,20). The van der Waals surface area contributed by atoms with Gasteiger partial charge in [0.25, 0.3) is 0 Å². The second kappa shape index (κ2) is 8.11. The summed E-state index contributed by atoms with van der Waals surface area (Å²) in [6.45, 7) is 2.13. The number of halogens is 1. The summed E-state index contributed by atoms with van der Waals surface area (Å²) in [5.74, 6) is 0.146. The lowest BCUT2D eigenvalue weighted by Gasteiger charge is -2.12. The summed E-state index contributed by atoms with van der Waals surface area (Å²) in [4.78, 5) is 12.1. The van der Waals surface area contributed by atoms with Gasteiger partial charge < -0.3 is 5.32 Å². The average Bonchev–Trinajstić information content (AvgIpc) is 2.55. The fraction of sp³-hybridized carbons (Fsp3) is 0.235. The van der Waals surface area contributed by atoms with Crippen LogP contribution < -0.4 is 5.32 Å². The van der Waals surface area contributed by atoms with Crippen LogP contribution in [0.25, 0.3) is 0 Å². The summed E-state index contributed by atoms with van der Waals surface area (Å²) in [7, 11) is -1.27. The van der Waals surface area contributed by atoms with Crippen molar-refractivity contribution in [3.63, 3.8) is 0 Å². The van der Waals surface area contributed by atoms with E-state index < -0.39 is 16.0 Å². The van der Waals surface area contributed by atoms with Crippen LogP contribution in [0.5, 0.6) is 0 Å². The van der Waals surface area contributed by atoms with Gasteiger partial charge in [-0.1, -0.05) is 54.1 Å². The molecule has 0 radical (unpaired) electrons. The third-order valence-corrected chi connectivity index (χ3v) is 5.17. The van der Waals surface area contributed by atoms with Gasteiger partial charge in [0.1, 0.15) is 5.25 Å². The molecule has 0 bridgehead atoms. The Bertz CT molecular complexity index is 643. The Morgan fingerprint density at radius 3 is 2.36 bits per heavy atom. The van der Waals surface area contributed by atoms with Crippen LogP contribution in [0.4, 0.5) is 0 Å².